The molecule has 1 N–H and O–H groups in total. The molecule has 0 saturated carbocycles. The first-order valence-electron chi connectivity index (χ1n) is 6.19. The number of hydrogen-bond acceptors (Lipinski definition) is 1. The van der Waals surface area contributed by atoms with Crippen LogP contribution in [0.25, 0.3) is 0 Å². The van der Waals surface area contributed by atoms with Crippen LogP contribution >= 0.6 is 0 Å². The third-order valence-electron chi connectivity index (χ3n) is 2.80. The van der Waals surface area contributed by atoms with Crippen LogP contribution in [0.4, 0.5) is 26.3 Å². The lowest BCUT2D eigenvalue weighted by Gasteiger charge is -2.20. The van der Waals surface area contributed by atoms with E-state index in [4.69, 9.17) is 0 Å². The largest absolute Gasteiger partial charge is 0.389 e. The van der Waals surface area contributed by atoms with Gasteiger partial charge in [0.05, 0.1) is 0 Å². The van der Waals surface area contributed by atoms with Gasteiger partial charge in [0.15, 0.2) is 17.5 Å². The Kier molecular flexibility index (Phi) is 5.86. The van der Waals surface area contributed by atoms with Gasteiger partial charge in [0, 0.05) is 18.0 Å². The van der Waals surface area contributed by atoms with E-state index in [1.165, 1.54) is 0 Å². The third-order valence-corrected chi connectivity index (χ3v) is 2.80. The Morgan fingerprint density at radius 3 is 2.30 bits per heavy atom. The molecule has 114 valence electrons. The summed E-state index contributed by atoms with van der Waals surface area (Å²) in [6.07, 6.45) is -5.34. The second-order valence-electron chi connectivity index (χ2n) is 4.43. The summed E-state index contributed by atoms with van der Waals surface area (Å²) in [5.74, 6) is -4.48. The van der Waals surface area contributed by atoms with E-state index in [0.29, 0.717) is 19.0 Å². The fourth-order valence-corrected chi connectivity index (χ4v) is 1.80. The van der Waals surface area contributed by atoms with Crippen molar-refractivity contribution >= 4 is 0 Å². The first kappa shape index (κ1) is 16.8. The van der Waals surface area contributed by atoms with Crippen molar-refractivity contribution < 1.29 is 26.3 Å². The van der Waals surface area contributed by atoms with Crippen molar-refractivity contribution in [3.05, 3.63) is 35.1 Å². The van der Waals surface area contributed by atoms with Crippen molar-refractivity contribution in [2.45, 2.75) is 38.4 Å². The molecule has 1 nitrogen and oxygen atoms in total. The van der Waals surface area contributed by atoms with Gasteiger partial charge < -0.3 is 5.32 Å². The average molecular weight is 299 g/mol. The number of rotatable bonds is 6. The van der Waals surface area contributed by atoms with Crippen molar-refractivity contribution in [2.24, 2.45) is 0 Å². The molecule has 7 heteroatoms. The van der Waals surface area contributed by atoms with Gasteiger partial charge >= 0.3 is 6.18 Å². The van der Waals surface area contributed by atoms with Gasteiger partial charge in [0.25, 0.3) is 0 Å². The van der Waals surface area contributed by atoms with Gasteiger partial charge in [0.1, 0.15) is 0 Å². The normalized spacial score (nSPS) is 13.6. The summed E-state index contributed by atoms with van der Waals surface area (Å²) < 4.78 is 76.3. The van der Waals surface area contributed by atoms with E-state index in [-0.39, 0.29) is 5.56 Å². The van der Waals surface area contributed by atoms with Crippen LogP contribution in [0, 0.1) is 17.5 Å². The van der Waals surface area contributed by atoms with Gasteiger partial charge in [-0.25, -0.2) is 13.2 Å². The molecule has 0 radical (unpaired) electrons. The number of benzene rings is 1. The maximum absolute atomic E-state index is 13.6. The van der Waals surface area contributed by atoms with Gasteiger partial charge in [-0.1, -0.05) is 13.0 Å². The average Bonchev–Trinajstić information content (AvgIpc) is 2.36. The maximum atomic E-state index is 13.6. The molecule has 0 aliphatic carbocycles. The number of alkyl halides is 3. The van der Waals surface area contributed by atoms with Crippen LogP contribution < -0.4 is 5.32 Å². The summed E-state index contributed by atoms with van der Waals surface area (Å²) in [6, 6.07) is 0.672. The lowest BCUT2D eigenvalue weighted by atomic mass is 10.0. The molecule has 20 heavy (non-hydrogen) atoms. The molecule has 1 unspecified atom stereocenters. The van der Waals surface area contributed by atoms with Crippen molar-refractivity contribution in [1.82, 2.24) is 5.32 Å². The standard InChI is InChI=1S/C13H15F6N/c1-2-7-20-10(5-6-13(17,18)19)8-3-4-9(14)12(16)11(8)15/h3-4,10,20H,2,5-7H2,1H3. The molecule has 1 atom stereocenters. The molecule has 1 aromatic rings. The van der Waals surface area contributed by atoms with Crippen LogP contribution in [0.3, 0.4) is 0 Å². The van der Waals surface area contributed by atoms with Crippen molar-refractivity contribution in [3.63, 3.8) is 0 Å². The first-order chi connectivity index (χ1) is 9.26. The molecule has 0 spiro atoms. The number of hydrogen-bond donors (Lipinski definition) is 1. The summed E-state index contributed by atoms with van der Waals surface area (Å²) in [7, 11) is 0. The number of nitrogens with one attached hydrogen (secondary N) is 1. The zero-order valence-electron chi connectivity index (χ0n) is 10.8. The van der Waals surface area contributed by atoms with Gasteiger partial charge in [-0.05, 0) is 25.5 Å². The van der Waals surface area contributed by atoms with Gasteiger partial charge in [0.2, 0.25) is 0 Å². The second-order valence-corrected chi connectivity index (χ2v) is 4.43. The fourth-order valence-electron chi connectivity index (χ4n) is 1.80. The highest BCUT2D eigenvalue weighted by atomic mass is 19.4. The molecule has 0 heterocycles. The lowest BCUT2D eigenvalue weighted by Crippen LogP contribution is -2.25. The zero-order chi connectivity index (χ0) is 15.3. The molecule has 1 rings (SSSR count). The topological polar surface area (TPSA) is 12.0 Å². The smallest absolute Gasteiger partial charge is 0.310 e. The van der Waals surface area contributed by atoms with Crippen LogP contribution in [0.2, 0.25) is 0 Å². The lowest BCUT2D eigenvalue weighted by molar-refractivity contribution is -0.136. The molecule has 0 bridgehead atoms. The van der Waals surface area contributed by atoms with E-state index in [0.717, 1.165) is 6.07 Å². The van der Waals surface area contributed by atoms with E-state index >= 15 is 0 Å². The number of halogens is 6. The second kappa shape index (κ2) is 6.97. The van der Waals surface area contributed by atoms with E-state index in [2.05, 4.69) is 5.32 Å². The third kappa shape index (κ3) is 4.70. The predicted molar refractivity (Wildman–Crippen MR) is 62.6 cm³/mol. The van der Waals surface area contributed by atoms with Crippen LogP contribution in [-0.2, 0) is 0 Å². The molecule has 0 amide bonds. The zero-order valence-corrected chi connectivity index (χ0v) is 10.8. The van der Waals surface area contributed by atoms with Crippen LogP contribution in [0.1, 0.15) is 37.8 Å². The SMILES string of the molecule is CCCNC(CCC(F)(F)F)c1ccc(F)c(F)c1F. The van der Waals surface area contributed by atoms with Crippen LogP contribution in [0.5, 0.6) is 0 Å². The Hall–Kier alpha value is -1.24. The van der Waals surface area contributed by atoms with Gasteiger partial charge in [-0.3, -0.25) is 0 Å². The Morgan fingerprint density at radius 1 is 1.10 bits per heavy atom. The minimum absolute atomic E-state index is 0.290. The minimum atomic E-state index is -4.39. The fraction of sp³-hybridized carbons (Fsp3) is 0.538. The molecule has 0 fully saturated rings. The van der Waals surface area contributed by atoms with Crippen molar-refractivity contribution in [1.29, 1.82) is 0 Å². The molecular formula is C13H15F6N. The molecule has 0 aliphatic rings. The molecule has 1 aromatic carbocycles. The Balaban J connectivity index is 2.95. The Bertz CT molecular complexity index is 443. The monoisotopic (exact) mass is 299 g/mol. The predicted octanol–water partition coefficient (Wildman–Crippen LogP) is 4.49. The van der Waals surface area contributed by atoms with Gasteiger partial charge in [-0.15, -0.1) is 0 Å². The van der Waals surface area contributed by atoms with E-state index in [9.17, 15) is 26.3 Å². The van der Waals surface area contributed by atoms with E-state index < -0.39 is 42.5 Å². The summed E-state index contributed by atoms with van der Waals surface area (Å²) in [5.41, 5.74) is -0.290. The summed E-state index contributed by atoms with van der Waals surface area (Å²) in [6.45, 7) is 2.14. The minimum Gasteiger partial charge on any atom is -0.310 e. The molecule has 0 aliphatic heterocycles. The molecular weight excluding hydrogens is 284 g/mol. The van der Waals surface area contributed by atoms with Crippen LogP contribution in [0.15, 0.2) is 12.1 Å². The highest BCUT2D eigenvalue weighted by molar-refractivity contribution is 5.23. The van der Waals surface area contributed by atoms with E-state index in [1.54, 1.807) is 6.92 Å². The molecule has 0 aromatic heterocycles. The maximum Gasteiger partial charge on any atom is 0.389 e. The first-order valence-corrected chi connectivity index (χ1v) is 6.19. The van der Waals surface area contributed by atoms with Gasteiger partial charge in [-0.2, -0.15) is 13.2 Å². The quantitative estimate of drug-likeness (QED) is 0.603. The highest BCUT2D eigenvalue weighted by Gasteiger charge is 2.30. The molecule has 0 saturated heterocycles. The van der Waals surface area contributed by atoms with E-state index in [1.807, 2.05) is 0 Å². The van der Waals surface area contributed by atoms with Crippen molar-refractivity contribution in [2.75, 3.05) is 6.54 Å². The summed E-state index contributed by atoms with van der Waals surface area (Å²) in [5, 5.41) is 2.72. The Labute approximate surface area is 113 Å². The summed E-state index contributed by atoms with van der Waals surface area (Å²) >= 11 is 0. The van der Waals surface area contributed by atoms with Crippen molar-refractivity contribution in [3.8, 4) is 0 Å². The van der Waals surface area contributed by atoms with Crippen LogP contribution in [-0.4, -0.2) is 12.7 Å². The highest BCUT2D eigenvalue weighted by Crippen LogP contribution is 2.30. The Morgan fingerprint density at radius 2 is 1.75 bits per heavy atom. The summed E-state index contributed by atoms with van der Waals surface area (Å²) in [4.78, 5) is 0.